The zero-order valence-corrected chi connectivity index (χ0v) is 13.8. The summed E-state index contributed by atoms with van der Waals surface area (Å²) >= 11 is 0. The second-order valence-electron chi connectivity index (χ2n) is 4.54. The first-order chi connectivity index (χ1) is 11.0. The third-order valence-electron chi connectivity index (χ3n) is 3.10. The minimum atomic E-state index is -3.81. The Kier molecular flexibility index (Phi) is 5.17. The third kappa shape index (κ3) is 3.98. The first kappa shape index (κ1) is 16.8. The highest BCUT2D eigenvalue weighted by Gasteiger charge is 2.16. The molecule has 122 valence electrons. The molecule has 0 amide bonds. The van der Waals surface area contributed by atoms with E-state index in [1.165, 1.54) is 32.4 Å². The average molecular weight is 335 g/mol. The fourth-order valence-electron chi connectivity index (χ4n) is 1.82. The van der Waals surface area contributed by atoms with Crippen molar-refractivity contribution in [3.63, 3.8) is 0 Å². The van der Waals surface area contributed by atoms with Crippen molar-refractivity contribution < 1.29 is 17.9 Å². The van der Waals surface area contributed by atoms with Crippen LogP contribution in [0.15, 0.2) is 52.7 Å². The number of ether oxygens (including phenoxy) is 2. The van der Waals surface area contributed by atoms with E-state index in [1.807, 2.05) is 0 Å². The standard InChI is InChI=1S/C15H17N3O4S/c1-11(12-6-8-16-9-7-12)17-18-23(19,20)13-4-5-14(21-2)15(10-13)22-3/h4-10,18H,1-3H3/b17-11+. The third-order valence-corrected chi connectivity index (χ3v) is 4.30. The molecular formula is C15H17N3O4S. The second kappa shape index (κ2) is 7.10. The van der Waals surface area contributed by atoms with Gasteiger partial charge < -0.3 is 9.47 Å². The van der Waals surface area contributed by atoms with Crippen LogP contribution >= 0.6 is 0 Å². The molecule has 1 N–H and O–H groups in total. The van der Waals surface area contributed by atoms with E-state index in [0.717, 1.165) is 5.56 Å². The van der Waals surface area contributed by atoms with Crippen molar-refractivity contribution in [3.05, 3.63) is 48.3 Å². The minimum absolute atomic E-state index is 0.0291. The van der Waals surface area contributed by atoms with E-state index in [9.17, 15) is 8.42 Å². The van der Waals surface area contributed by atoms with Gasteiger partial charge in [-0.1, -0.05) is 0 Å². The molecule has 0 atom stereocenters. The molecule has 0 spiro atoms. The van der Waals surface area contributed by atoms with Gasteiger partial charge in [0, 0.05) is 24.0 Å². The molecule has 1 aromatic carbocycles. The van der Waals surface area contributed by atoms with Gasteiger partial charge in [-0.05, 0) is 31.2 Å². The summed E-state index contributed by atoms with van der Waals surface area (Å²) in [6.45, 7) is 1.70. The highest BCUT2D eigenvalue weighted by Crippen LogP contribution is 2.29. The molecule has 0 aliphatic heterocycles. The SMILES string of the molecule is COc1ccc(S(=O)(=O)N/N=C(\C)c2ccncc2)cc1OC. The van der Waals surface area contributed by atoms with Crippen molar-refractivity contribution in [1.82, 2.24) is 9.82 Å². The highest BCUT2D eigenvalue weighted by molar-refractivity contribution is 7.89. The fraction of sp³-hybridized carbons (Fsp3) is 0.200. The molecule has 0 aliphatic carbocycles. The Hall–Kier alpha value is -2.61. The lowest BCUT2D eigenvalue weighted by atomic mass is 10.2. The number of aromatic nitrogens is 1. The van der Waals surface area contributed by atoms with Crippen molar-refractivity contribution in [2.45, 2.75) is 11.8 Å². The van der Waals surface area contributed by atoms with Gasteiger partial charge in [0.1, 0.15) is 0 Å². The van der Waals surface area contributed by atoms with Gasteiger partial charge in [-0.25, -0.2) is 0 Å². The van der Waals surface area contributed by atoms with Crippen molar-refractivity contribution in [3.8, 4) is 11.5 Å². The number of pyridine rings is 1. The molecule has 1 aromatic heterocycles. The maximum atomic E-state index is 12.3. The normalized spacial score (nSPS) is 11.9. The number of methoxy groups -OCH3 is 2. The molecule has 2 rings (SSSR count). The van der Waals surface area contributed by atoms with Gasteiger partial charge in [-0.15, -0.1) is 0 Å². The fourth-order valence-corrected chi connectivity index (χ4v) is 2.69. The molecule has 0 fully saturated rings. The topological polar surface area (TPSA) is 89.9 Å². The number of hydrazone groups is 1. The number of sulfonamides is 1. The van der Waals surface area contributed by atoms with E-state index in [4.69, 9.17) is 9.47 Å². The Morgan fingerprint density at radius 3 is 2.35 bits per heavy atom. The van der Waals surface area contributed by atoms with Gasteiger partial charge in [-0.2, -0.15) is 18.4 Å². The van der Waals surface area contributed by atoms with Crippen LogP contribution in [0.25, 0.3) is 0 Å². The summed E-state index contributed by atoms with van der Waals surface area (Å²) < 4.78 is 34.8. The average Bonchev–Trinajstić information content (AvgIpc) is 2.59. The van der Waals surface area contributed by atoms with E-state index < -0.39 is 10.0 Å². The Balaban J connectivity index is 2.25. The summed E-state index contributed by atoms with van der Waals surface area (Å²) in [5.41, 5.74) is 1.30. The number of nitrogens with zero attached hydrogens (tertiary/aromatic N) is 2. The van der Waals surface area contributed by atoms with E-state index in [-0.39, 0.29) is 4.90 Å². The monoisotopic (exact) mass is 335 g/mol. The van der Waals surface area contributed by atoms with Crippen LogP contribution in [-0.4, -0.2) is 33.3 Å². The molecule has 1 heterocycles. The summed E-state index contributed by atoms with van der Waals surface area (Å²) in [7, 11) is -0.893. The molecule has 2 aromatic rings. The number of nitrogens with one attached hydrogen (secondary N) is 1. The minimum Gasteiger partial charge on any atom is -0.493 e. The van der Waals surface area contributed by atoms with Crippen LogP contribution in [0.5, 0.6) is 11.5 Å². The van der Waals surface area contributed by atoms with Crippen molar-refractivity contribution in [2.75, 3.05) is 14.2 Å². The number of hydrogen-bond donors (Lipinski definition) is 1. The van der Waals surface area contributed by atoms with Crippen LogP contribution in [0.3, 0.4) is 0 Å². The maximum absolute atomic E-state index is 12.3. The number of hydrogen-bond acceptors (Lipinski definition) is 6. The molecule has 8 heteroatoms. The van der Waals surface area contributed by atoms with Crippen LogP contribution < -0.4 is 14.3 Å². The molecule has 0 unspecified atom stereocenters. The second-order valence-corrected chi connectivity index (χ2v) is 6.21. The van der Waals surface area contributed by atoms with Gasteiger partial charge >= 0.3 is 0 Å². The van der Waals surface area contributed by atoms with Crippen molar-refractivity contribution in [2.24, 2.45) is 5.10 Å². The van der Waals surface area contributed by atoms with Gasteiger partial charge in [-0.3, -0.25) is 4.98 Å². The quantitative estimate of drug-likeness (QED) is 0.642. The summed E-state index contributed by atoms with van der Waals surface area (Å²) in [6, 6.07) is 7.79. The Morgan fingerprint density at radius 1 is 1.09 bits per heavy atom. The van der Waals surface area contributed by atoms with Crippen LogP contribution in [-0.2, 0) is 10.0 Å². The van der Waals surface area contributed by atoms with Crippen LogP contribution in [0, 0.1) is 0 Å². The van der Waals surface area contributed by atoms with Gasteiger partial charge in [0.05, 0.1) is 24.8 Å². The smallest absolute Gasteiger partial charge is 0.276 e. The molecule has 0 aliphatic rings. The van der Waals surface area contributed by atoms with Crippen molar-refractivity contribution >= 4 is 15.7 Å². The van der Waals surface area contributed by atoms with E-state index in [0.29, 0.717) is 17.2 Å². The Bertz CT molecular complexity index is 805. The molecule has 7 nitrogen and oxygen atoms in total. The largest absolute Gasteiger partial charge is 0.493 e. The highest BCUT2D eigenvalue weighted by atomic mass is 32.2. The van der Waals surface area contributed by atoms with E-state index >= 15 is 0 Å². The predicted octanol–water partition coefficient (Wildman–Crippen LogP) is 1.80. The summed E-state index contributed by atoms with van der Waals surface area (Å²) in [6.07, 6.45) is 3.22. The first-order valence-corrected chi connectivity index (χ1v) is 8.15. The Labute approximate surface area is 135 Å². The summed E-state index contributed by atoms with van der Waals surface area (Å²) in [5, 5.41) is 3.92. The maximum Gasteiger partial charge on any atom is 0.276 e. The molecule has 0 bridgehead atoms. The zero-order valence-electron chi connectivity index (χ0n) is 13.0. The zero-order chi connectivity index (χ0) is 16.9. The summed E-state index contributed by atoms with van der Waals surface area (Å²) in [5.74, 6) is 0.771. The van der Waals surface area contributed by atoms with Crippen LogP contribution in [0.1, 0.15) is 12.5 Å². The molecule has 23 heavy (non-hydrogen) atoms. The molecule has 0 saturated heterocycles. The first-order valence-electron chi connectivity index (χ1n) is 6.66. The molecular weight excluding hydrogens is 318 g/mol. The van der Waals surface area contributed by atoms with Crippen LogP contribution in [0.2, 0.25) is 0 Å². The lowest BCUT2D eigenvalue weighted by Gasteiger charge is -2.10. The van der Waals surface area contributed by atoms with Gasteiger partial charge in [0.25, 0.3) is 10.0 Å². The lowest BCUT2D eigenvalue weighted by molar-refractivity contribution is 0.354. The number of rotatable bonds is 6. The lowest BCUT2D eigenvalue weighted by Crippen LogP contribution is -2.20. The van der Waals surface area contributed by atoms with Gasteiger partial charge in [0.15, 0.2) is 11.5 Å². The van der Waals surface area contributed by atoms with Crippen LogP contribution in [0.4, 0.5) is 0 Å². The predicted molar refractivity (Wildman–Crippen MR) is 86.3 cm³/mol. The van der Waals surface area contributed by atoms with E-state index in [1.54, 1.807) is 31.5 Å². The molecule has 0 radical (unpaired) electrons. The molecule has 0 saturated carbocycles. The van der Waals surface area contributed by atoms with Gasteiger partial charge in [0.2, 0.25) is 0 Å². The summed E-state index contributed by atoms with van der Waals surface area (Å²) in [4.78, 5) is 6.14. The van der Waals surface area contributed by atoms with Crippen molar-refractivity contribution in [1.29, 1.82) is 0 Å². The van der Waals surface area contributed by atoms with E-state index in [2.05, 4.69) is 14.9 Å². The number of benzene rings is 1. The Morgan fingerprint density at radius 2 is 1.74 bits per heavy atom.